The monoisotopic (exact) mass is 450 g/mol. The maximum Gasteiger partial charge on any atom is 0.335 e. The molecule has 0 atom stereocenters. The first-order valence-electron chi connectivity index (χ1n) is 9.76. The van der Waals surface area contributed by atoms with Gasteiger partial charge in [0, 0.05) is 17.0 Å². The Balaban J connectivity index is 1.58. The number of rotatable bonds is 8. The number of hydrogen-bond donors (Lipinski definition) is 1. The highest BCUT2D eigenvalue weighted by Gasteiger charge is 2.20. The summed E-state index contributed by atoms with van der Waals surface area (Å²) in [5.41, 5.74) is 1.60. The Bertz CT molecular complexity index is 1220. The smallest absolute Gasteiger partial charge is 0.335 e. The lowest BCUT2D eigenvalue weighted by atomic mass is 10.1. The molecule has 0 aliphatic heterocycles. The largest absolute Gasteiger partial charge is 0.478 e. The summed E-state index contributed by atoms with van der Waals surface area (Å²) in [7, 11) is 0. The quantitative estimate of drug-likeness (QED) is 0.437. The first kappa shape index (κ1) is 21.4. The van der Waals surface area contributed by atoms with E-state index in [2.05, 4.69) is 10.3 Å². The normalized spacial score (nSPS) is 10.8. The number of halogens is 1. The average molecular weight is 450 g/mol. The summed E-state index contributed by atoms with van der Waals surface area (Å²) < 4.78 is 15.0. The lowest BCUT2D eigenvalue weighted by molar-refractivity contribution is 0.0697. The molecule has 0 unspecified atom stereocenters. The molecule has 2 aromatic carbocycles. The van der Waals surface area contributed by atoms with E-state index >= 15 is 0 Å². The van der Waals surface area contributed by atoms with Gasteiger partial charge in [0.1, 0.15) is 11.5 Å². The molecule has 0 saturated carbocycles. The predicted octanol–water partition coefficient (Wildman–Crippen LogP) is 4.07. The maximum absolute atomic E-state index is 13.3. The molecule has 1 N–H and O–H groups in total. The molecule has 7 nitrogen and oxygen atoms in total. The van der Waals surface area contributed by atoms with Crippen molar-refractivity contribution in [3.05, 3.63) is 105 Å². The fraction of sp³-hybridized carbons (Fsp3) is 0.130. The van der Waals surface area contributed by atoms with Crippen LogP contribution in [0.15, 0.2) is 72.2 Å². The first-order chi connectivity index (χ1) is 15.5. The van der Waals surface area contributed by atoms with Gasteiger partial charge < -0.3 is 10.0 Å². The van der Waals surface area contributed by atoms with Gasteiger partial charge >= 0.3 is 5.97 Å². The van der Waals surface area contributed by atoms with Gasteiger partial charge in [-0.2, -0.15) is 0 Å². The van der Waals surface area contributed by atoms with Crippen molar-refractivity contribution in [1.29, 1.82) is 0 Å². The first-order valence-corrected chi connectivity index (χ1v) is 10.6. The van der Waals surface area contributed by atoms with Crippen LogP contribution in [0.5, 0.6) is 0 Å². The summed E-state index contributed by atoms with van der Waals surface area (Å²) >= 11 is 1.62. The van der Waals surface area contributed by atoms with E-state index in [9.17, 15) is 19.1 Å². The topological polar surface area (TPSA) is 88.3 Å². The van der Waals surface area contributed by atoms with Gasteiger partial charge in [-0.1, -0.05) is 29.5 Å². The Kier molecular flexibility index (Phi) is 6.37. The summed E-state index contributed by atoms with van der Waals surface area (Å²) in [4.78, 5) is 27.2. The van der Waals surface area contributed by atoms with Crippen LogP contribution in [-0.2, 0) is 19.6 Å². The second-order valence-electron chi connectivity index (χ2n) is 7.16. The molecule has 0 bridgehead atoms. The van der Waals surface area contributed by atoms with Crippen molar-refractivity contribution in [3.8, 4) is 0 Å². The molecule has 0 saturated heterocycles. The zero-order valence-corrected chi connectivity index (χ0v) is 17.7. The van der Waals surface area contributed by atoms with Gasteiger partial charge in [-0.3, -0.25) is 4.79 Å². The highest BCUT2D eigenvalue weighted by Crippen LogP contribution is 2.16. The molecule has 162 valence electrons. The predicted molar refractivity (Wildman–Crippen MR) is 117 cm³/mol. The molecule has 32 heavy (non-hydrogen) atoms. The molecule has 0 aliphatic rings. The summed E-state index contributed by atoms with van der Waals surface area (Å²) in [5.74, 6) is -1.83. The SMILES string of the molecule is O=C(O)c1cccc(C(=O)N(Cc2ccc(F)cc2)Cc2cn(Cc3cccs3)nn2)c1. The standard InChI is InChI=1S/C23H19FN4O3S/c24-19-8-6-16(7-9-19)12-27(22(29)17-3-1-4-18(11-17)23(30)31)13-20-14-28(26-25-20)15-21-5-2-10-32-21/h1-11,14H,12-13,15H2,(H,30,31). The van der Waals surface area contributed by atoms with Gasteiger partial charge in [-0.25, -0.2) is 13.9 Å². The van der Waals surface area contributed by atoms with Crippen molar-refractivity contribution in [2.45, 2.75) is 19.6 Å². The molecule has 0 spiro atoms. The maximum atomic E-state index is 13.3. The summed E-state index contributed by atoms with van der Waals surface area (Å²) in [6, 6.07) is 15.7. The van der Waals surface area contributed by atoms with Gasteiger partial charge in [-0.05, 0) is 47.3 Å². The zero-order chi connectivity index (χ0) is 22.5. The Morgan fingerprint density at radius 2 is 1.81 bits per heavy atom. The number of amides is 1. The Morgan fingerprint density at radius 1 is 1.03 bits per heavy atom. The van der Waals surface area contributed by atoms with Gasteiger partial charge in [0.2, 0.25) is 0 Å². The number of aromatic nitrogens is 3. The Labute approximate surface area is 187 Å². The van der Waals surface area contributed by atoms with E-state index in [1.165, 1.54) is 35.2 Å². The van der Waals surface area contributed by atoms with Crippen LogP contribution in [0.2, 0.25) is 0 Å². The van der Waals surface area contributed by atoms with Gasteiger partial charge in [0.15, 0.2) is 0 Å². The van der Waals surface area contributed by atoms with Crippen LogP contribution in [0, 0.1) is 5.82 Å². The van der Waals surface area contributed by atoms with E-state index in [0.29, 0.717) is 12.2 Å². The number of hydrogen-bond acceptors (Lipinski definition) is 5. The average Bonchev–Trinajstić information content (AvgIpc) is 3.47. The minimum absolute atomic E-state index is 0.0273. The van der Waals surface area contributed by atoms with Crippen molar-refractivity contribution in [2.24, 2.45) is 0 Å². The molecular formula is C23H19FN4O3S. The highest BCUT2D eigenvalue weighted by atomic mass is 32.1. The van der Waals surface area contributed by atoms with E-state index in [1.54, 1.807) is 40.4 Å². The van der Waals surface area contributed by atoms with Crippen LogP contribution in [0.4, 0.5) is 4.39 Å². The van der Waals surface area contributed by atoms with Crippen molar-refractivity contribution < 1.29 is 19.1 Å². The number of carbonyl (C=O) groups is 2. The molecule has 2 aromatic heterocycles. The molecular weight excluding hydrogens is 431 g/mol. The minimum Gasteiger partial charge on any atom is -0.478 e. The summed E-state index contributed by atoms with van der Waals surface area (Å²) in [6.07, 6.45) is 1.78. The lowest BCUT2D eigenvalue weighted by Crippen LogP contribution is -2.30. The van der Waals surface area contributed by atoms with Crippen molar-refractivity contribution in [3.63, 3.8) is 0 Å². The number of thiophene rings is 1. The Hall–Kier alpha value is -3.85. The van der Waals surface area contributed by atoms with Crippen LogP contribution in [-0.4, -0.2) is 36.9 Å². The van der Waals surface area contributed by atoms with Crippen LogP contribution in [0.3, 0.4) is 0 Å². The number of carbonyl (C=O) groups excluding carboxylic acids is 1. The van der Waals surface area contributed by atoms with Crippen molar-refractivity contribution >= 4 is 23.2 Å². The highest BCUT2D eigenvalue weighted by molar-refractivity contribution is 7.09. The minimum atomic E-state index is -1.11. The van der Waals surface area contributed by atoms with E-state index < -0.39 is 5.97 Å². The molecule has 0 fully saturated rings. The van der Waals surface area contributed by atoms with Crippen LogP contribution in [0.25, 0.3) is 0 Å². The van der Waals surface area contributed by atoms with E-state index in [0.717, 1.165) is 10.4 Å². The van der Waals surface area contributed by atoms with Crippen LogP contribution in [0.1, 0.15) is 36.9 Å². The molecule has 1 amide bonds. The third kappa shape index (κ3) is 5.25. The fourth-order valence-electron chi connectivity index (χ4n) is 3.22. The van der Waals surface area contributed by atoms with Crippen molar-refractivity contribution in [2.75, 3.05) is 0 Å². The number of carboxylic acid groups (broad SMARTS) is 1. The molecule has 0 aliphatic carbocycles. The van der Waals surface area contributed by atoms with Gasteiger partial charge in [-0.15, -0.1) is 16.4 Å². The zero-order valence-electron chi connectivity index (χ0n) is 16.9. The summed E-state index contributed by atoms with van der Waals surface area (Å²) in [6.45, 7) is 0.948. The number of nitrogens with zero attached hydrogens (tertiary/aromatic N) is 4. The molecule has 2 heterocycles. The molecule has 4 rings (SSSR count). The second kappa shape index (κ2) is 9.52. The van der Waals surface area contributed by atoms with Crippen molar-refractivity contribution in [1.82, 2.24) is 19.9 Å². The molecule has 4 aromatic rings. The Morgan fingerprint density at radius 3 is 2.53 bits per heavy atom. The fourth-order valence-corrected chi connectivity index (χ4v) is 3.92. The van der Waals surface area contributed by atoms with Gasteiger partial charge in [0.05, 0.1) is 24.8 Å². The third-order valence-electron chi connectivity index (χ3n) is 4.77. The van der Waals surface area contributed by atoms with Gasteiger partial charge in [0.25, 0.3) is 5.91 Å². The number of benzene rings is 2. The van der Waals surface area contributed by atoms with Crippen LogP contribution >= 0.6 is 11.3 Å². The summed E-state index contributed by atoms with van der Waals surface area (Å²) in [5, 5.41) is 19.6. The third-order valence-corrected chi connectivity index (χ3v) is 5.63. The number of carboxylic acids is 1. The number of aromatic carboxylic acids is 1. The van der Waals surface area contributed by atoms with E-state index in [-0.39, 0.29) is 35.9 Å². The molecule has 0 radical (unpaired) electrons. The lowest BCUT2D eigenvalue weighted by Gasteiger charge is -2.22. The molecule has 9 heteroatoms. The van der Waals surface area contributed by atoms with Crippen LogP contribution < -0.4 is 0 Å². The van der Waals surface area contributed by atoms with E-state index in [1.807, 2.05) is 17.5 Å². The van der Waals surface area contributed by atoms with E-state index in [4.69, 9.17) is 0 Å². The second-order valence-corrected chi connectivity index (χ2v) is 8.19.